The van der Waals surface area contributed by atoms with Crippen LogP contribution in [0.2, 0.25) is 0 Å². The molecular formula is C22H30N4O3S2. The highest BCUT2D eigenvalue weighted by Crippen LogP contribution is 2.22. The zero-order valence-electron chi connectivity index (χ0n) is 17.8. The van der Waals surface area contributed by atoms with Crippen molar-refractivity contribution in [3.8, 4) is 0 Å². The average molecular weight is 463 g/mol. The molecule has 0 N–H and O–H groups in total. The molecule has 4 rings (SSSR count). The van der Waals surface area contributed by atoms with Gasteiger partial charge in [0.05, 0.1) is 4.90 Å². The van der Waals surface area contributed by atoms with Crippen molar-refractivity contribution in [2.45, 2.75) is 43.4 Å². The predicted octanol–water partition coefficient (Wildman–Crippen LogP) is 2.99. The summed E-state index contributed by atoms with van der Waals surface area (Å²) in [6.45, 7) is 4.43. The van der Waals surface area contributed by atoms with E-state index in [-0.39, 0.29) is 5.91 Å². The van der Waals surface area contributed by atoms with Gasteiger partial charge in [0.25, 0.3) is 0 Å². The molecule has 1 aromatic heterocycles. The van der Waals surface area contributed by atoms with Crippen LogP contribution in [-0.4, -0.2) is 67.8 Å². The summed E-state index contributed by atoms with van der Waals surface area (Å²) in [5.41, 5.74) is 0.991. The molecule has 2 saturated heterocycles. The van der Waals surface area contributed by atoms with Gasteiger partial charge in [-0.3, -0.25) is 4.79 Å². The van der Waals surface area contributed by atoms with Crippen molar-refractivity contribution in [2.24, 2.45) is 0 Å². The van der Waals surface area contributed by atoms with Gasteiger partial charge in [-0.15, -0.1) is 11.3 Å². The second-order valence-corrected chi connectivity index (χ2v) is 11.0. The molecule has 1 aromatic carbocycles. The Bertz CT molecular complexity index is 955. The van der Waals surface area contributed by atoms with E-state index in [1.54, 1.807) is 27.8 Å². The molecule has 7 nitrogen and oxygen atoms in total. The summed E-state index contributed by atoms with van der Waals surface area (Å²) in [6.07, 6.45) is 6.77. The number of piperidine rings is 1. The maximum atomic E-state index is 12.8. The molecule has 0 aliphatic carbocycles. The molecule has 1 amide bonds. The van der Waals surface area contributed by atoms with Gasteiger partial charge >= 0.3 is 0 Å². The number of sulfonamides is 1. The second kappa shape index (κ2) is 10.1. The third-order valence-electron chi connectivity index (χ3n) is 6.04. The third kappa shape index (κ3) is 5.45. The van der Waals surface area contributed by atoms with Gasteiger partial charge in [0, 0.05) is 57.3 Å². The van der Waals surface area contributed by atoms with Crippen molar-refractivity contribution in [1.29, 1.82) is 0 Å². The number of hydrogen-bond donors (Lipinski definition) is 0. The van der Waals surface area contributed by atoms with E-state index in [1.807, 2.05) is 28.6 Å². The molecular weight excluding hydrogens is 432 g/mol. The second-order valence-electron chi connectivity index (χ2n) is 8.14. The number of nitrogens with zero attached hydrogens (tertiary/aromatic N) is 4. The van der Waals surface area contributed by atoms with E-state index in [2.05, 4.69) is 9.88 Å². The largest absolute Gasteiger partial charge is 0.346 e. The number of hydrogen-bond acceptors (Lipinski definition) is 6. The normalized spacial score (nSPS) is 18.7. The highest BCUT2D eigenvalue weighted by Gasteiger charge is 2.26. The zero-order chi connectivity index (χ0) is 21.7. The van der Waals surface area contributed by atoms with Crippen LogP contribution in [0, 0.1) is 0 Å². The fourth-order valence-corrected chi connectivity index (χ4v) is 6.44. The van der Waals surface area contributed by atoms with Crippen LogP contribution in [-0.2, 0) is 21.2 Å². The SMILES string of the molecule is O=C(CCc1ccc(S(=O)(=O)N2CCCCC2)cc1)N1CCCN(c2nccs2)CC1. The summed E-state index contributed by atoms with van der Waals surface area (Å²) in [7, 11) is -3.41. The number of aryl methyl sites for hydroxylation is 1. The first kappa shape index (κ1) is 22.2. The van der Waals surface area contributed by atoms with E-state index in [0.29, 0.717) is 37.4 Å². The number of carbonyl (C=O) groups excluding carboxylic acids is 1. The Morgan fingerprint density at radius 3 is 2.42 bits per heavy atom. The van der Waals surface area contributed by atoms with Crippen molar-refractivity contribution in [3.05, 3.63) is 41.4 Å². The number of anilines is 1. The van der Waals surface area contributed by atoms with Gasteiger partial charge < -0.3 is 9.80 Å². The molecule has 2 fully saturated rings. The lowest BCUT2D eigenvalue weighted by atomic mass is 10.1. The smallest absolute Gasteiger partial charge is 0.243 e. The van der Waals surface area contributed by atoms with Gasteiger partial charge in [-0.2, -0.15) is 4.31 Å². The van der Waals surface area contributed by atoms with Crippen LogP contribution in [0.4, 0.5) is 5.13 Å². The first-order valence-electron chi connectivity index (χ1n) is 11.1. The fraction of sp³-hybridized carbons (Fsp3) is 0.545. The molecule has 3 heterocycles. The van der Waals surface area contributed by atoms with Gasteiger partial charge in [-0.1, -0.05) is 18.6 Å². The molecule has 0 spiro atoms. The summed E-state index contributed by atoms with van der Waals surface area (Å²) in [6, 6.07) is 7.05. The molecule has 0 radical (unpaired) electrons. The highest BCUT2D eigenvalue weighted by molar-refractivity contribution is 7.89. The summed E-state index contributed by atoms with van der Waals surface area (Å²) in [5, 5.41) is 3.00. The number of benzene rings is 1. The van der Waals surface area contributed by atoms with Crippen molar-refractivity contribution in [2.75, 3.05) is 44.2 Å². The maximum absolute atomic E-state index is 12.8. The van der Waals surface area contributed by atoms with Crippen LogP contribution in [0.25, 0.3) is 0 Å². The first-order chi connectivity index (χ1) is 15.0. The van der Waals surface area contributed by atoms with Crippen LogP contribution >= 0.6 is 11.3 Å². The first-order valence-corrected chi connectivity index (χ1v) is 13.4. The molecule has 2 aliphatic rings. The Labute approximate surface area is 188 Å². The number of aromatic nitrogens is 1. The summed E-state index contributed by atoms with van der Waals surface area (Å²) in [4.78, 5) is 21.7. The monoisotopic (exact) mass is 462 g/mol. The number of carbonyl (C=O) groups is 1. The molecule has 2 aliphatic heterocycles. The van der Waals surface area contributed by atoms with Crippen LogP contribution in [0.1, 0.15) is 37.7 Å². The number of thiazole rings is 1. The molecule has 0 saturated carbocycles. The Kier molecular flexibility index (Phi) is 7.24. The van der Waals surface area contributed by atoms with Crippen molar-refractivity contribution in [1.82, 2.24) is 14.2 Å². The van der Waals surface area contributed by atoms with E-state index in [0.717, 1.165) is 56.0 Å². The van der Waals surface area contributed by atoms with E-state index < -0.39 is 10.0 Å². The van der Waals surface area contributed by atoms with Crippen molar-refractivity contribution >= 4 is 32.4 Å². The molecule has 0 atom stereocenters. The van der Waals surface area contributed by atoms with E-state index >= 15 is 0 Å². The topological polar surface area (TPSA) is 73.8 Å². The van der Waals surface area contributed by atoms with E-state index in [9.17, 15) is 13.2 Å². The minimum absolute atomic E-state index is 0.158. The van der Waals surface area contributed by atoms with Crippen molar-refractivity contribution < 1.29 is 13.2 Å². The predicted molar refractivity (Wildman–Crippen MR) is 123 cm³/mol. The van der Waals surface area contributed by atoms with Gasteiger partial charge in [0.15, 0.2) is 5.13 Å². The molecule has 168 valence electrons. The number of amides is 1. The van der Waals surface area contributed by atoms with Crippen LogP contribution in [0.3, 0.4) is 0 Å². The van der Waals surface area contributed by atoms with Gasteiger partial charge in [0.1, 0.15) is 0 Å². The minimum atomic E-state index is -3.41. The number of rotatable bonds is 6. The standard InChI is InChI=1S/C22H30N4O3S2/c27-21(24-12-4-13-25(17-16-24)22-23-11-18-30-22)10-7-19-5-8-20(9-6-19)31(28,29)26-14-2-1-3-15-26/h5-6,8-9,11,18H,1-4,7,10,12-17H2. The van der Waals surface area contributed by atoms with Gasteiger partial charge in [0.2, 0.25) is 15.9 Å². The third-order valence-corrected chi connectivity index (χ3v) is 8.79. The summed E-state index contributed by atoms with van der Waals surface area (Å²) in [5.74, 6) is 0.158. The molecule has 0 bridgehead atoms. The quantitative estimate of drug-likeness (QED) is 0.660. The van der Waals surface area contributed by atoms with Crippen LogP contribution in [0.15, 0.2) is 40.7 Å². The van der Waals surface area contributed by atoms with Gasteiger partial charge in [-0.25, -0.2) is 13.4 Å². The fourth-order valence-electron chi connectivity index (χ4n) is 4.22. The lowest BCUT2D eigenvalue weighted by Crippen LogP contribution is -2.35. The Morgan fingerprint density at radius 2 is 1.71 bits per heavy atom. The average Bonchev–Trinajstić information content (AvgIpc) is 3.23. The lowest BCUT2D eigenvalue weighted by molar-refractivity contribution is -0.130. The Hall–Kier alpha value is -1.97. The molecule has 2 aromatic rings. The molecule has 0 unspecified atom stereocenters. The Morgan fingerprint density at radius 1 is 0.935 bits per heavy atom. The summed E-state index contributed by atoms with van der Waals surface area (Å²) >= 11 is 1.63. The highest BCUT2D eigenvalue weighted by atomic mass is 32.2. The van der Waals surface area contributed by atoms with Crippen LogP contribution < -0.4 is 4.90 Å². The zero-order valence-corrected chi connectivity index (χ0v) is 19.4. The Balaban J connectivity index is 1.29. The van der Waals surface area contributed by atoms with E-state index in [1.165, 1.54) is 0 Å². The molecule has 9 heteroatoms. The lowest BCUT2D eigenvalue weighted by Gasteiger charge is -2.25. The minimum Gasteiger partial charge on any atom is -0.346 e. The molecule has 31 heavy (non-hydrogen) atoms. The van der Waals surface area contributed by atoms with Crippen LogP contribution in [0.5, 0.6) is 0 Å². The van der Waals surface area contributed by atoms with Crippen molar-refractivity contribution in [3.63, 3.8) is 0 Å². The maximum Gasteiger partial charge on any atom is 0.243 e. The van der Waals surface area contributed by atoms with E-state index in [4.69, 9.17) is 0 Å². The van der Waals surface area contributed by atoms with Gasteiger partial charge in [-0.05, 0) is 43.4 Å². The summed E-state index contributed by atoms with van der Waals surface area (Å²) < 4.78 is 27.1.